The number of anilines is 1. The third-order valence-corrected chi connectivity index (χ3v) is 4.64. The average molecular weight is 283 g/mol. The minimum absolute atomic E-state index is 0.708. The first kappa shape index (κ1) is 12.9. The molecule has 0 radical (unpaired) electrons. The average Bonchev–Trinajstić information content (AvgIpc) is 3.25. The smallest absolute Gasteiger partial charge is 0.0950 e. The van der Waals surface area contributed by atoms with Gasteiger partial charge in [0.1, 0.15) is 0 Å². The van der Waals surface area contributed by atoms with E-state index in [9.17, 15) is 0 Å². The summed E-state index contributed by atoms with van der Waals surface area (Å²) in [5, 5.41) is 3.52. The number of fused-ring (bicyclic) bond motifs is 1. The third kappa shape index (κ3) is 2.44. The SMILES string of the molecule is c1cc2c(c(-c3cncn3CCC3CCOC3)c1)NCC2. The highest BCUT2D eigenvalue weighted by Crippen LogP contribution is 2.34. The number of hydrogen-bond donors (Lipinski definition) is 1. The Kier molecular flexibility index (Phi) is 3.39. The van der Waals surface area contributed by atoms with Crippen LogP contribution in [0, 0.1) is 5.92 Å². The van der Waals surface area contributed by atoms with E-state index in [1.54, 1.807) is 0 Å². The van der Waals surface area contributed by atoms with Gasteiger partial charge >= 0.3 is 0 Å². The Morgan fingerprint density at radius 3 is 3.29 bits per heavy atom. The van der Waals surface area contributed by atoms with E-state index < -0.39 is 0 Å². The van der Waals surface area contributed by atoms with Gasteiger partial charge in [-0.1, -0.05) is 18.2 Å². The number of para-hydroxylation sites is 1. The first-order chi connectivity index (χ1) is 10.4. The number of benzene rings is 1. The predicted molar refractivity (Wildman–Crippen MR) is 83.4 cm³/mol. The highest BCUT2D eigenvalue weighted by molar-refractivity contribution is 5.79. The maximum atomic E-state index is 5.47. The summed E-state index contributed by atoms with van der Waals surface area (Å²) < 4.78 is 7.75. The second-order valence-electron chi connectivity index (χ2n) is 6.01. The van der Waals surface area contributed by atoms with Crippen LogP contribution in [0.1, 0.15) is 18.4 Å². The first-order valence-electron chi connectivity index (χ1n) is 7.86. The van der Waals surface area contributed by atoms with E-state index in [1.807, 2.05) is 12.5 Å². The van der Waals surface area contributed by atoms with Crippen molar-refractivity contribution in [2.45, 2.75) is 25.8 Å². The lowest BCUT2D eigenvalue weighted by Gasteiger charge is -2.13. The maximum absolute atomic E-state index is 5.47. The Hall–Kier alpha value is -1.81. The number of imidazole rings is 1. The molecule has 110 valence electrons. The zero-order valence-corrected chi connectivity index (χ0v) is 12.2. The van der Waals surface area contributed by atoms with Gasteiger partial charge in [-0.2, -0.15) is 0 Å². The molecule has 1 aromatic carbocycles. The highest BCUT2D eigenvalue weighted by Gasteiger charge is 2.19. The Bertz CT molecular complexity index is 629. The molecule has 1 aromatic heterocycles. The van der Waals surface area contributed by atoms with Crippen molar-refractivity contribution in [2.75, 3.05) is 25.1 Å². The molecule has 1 N–H and O–H groups in total. The molecule has 4 nitrogen and oxygen atoms in total. The van der Waals surface area contributed by atoms with Gasteiger partial charge in [-0.05, 0) is 30.7 Å². The van der Waals surface area contributed by atoms with Crippen molar-refractivity contribution in [1.29, 1.82) is 0 Å². The minimum Gasteiger partial charge on any atom is -0.384 e. The summed E-state index contributed by atoms with van der Waals surface area (Å²) >= 11 is 0. The fraction of sp³-hybridized carbons (Fsp3) is 0.471. The van der Waals surface area contributed by atoms with Crippen LogP contribution >= 0.6 is 0 Å². The minimum atomic E-state index is 0.708. The van der Waals surface area contributed by atoms with Crippen LogP contribution in [0.15, 0.2) is 30.7 Å². The van der Waals surface area contributed by atoms with Gasteiger partial charge in [0.2, 0.25) is 0 Å². The van der Waals surface area contributed by atoms with Gasteiger partial charge in [-0.3, -0.25) is 0 Å². The van der Waals surface area contributed by atoms with Crippen molar-refractivity contribution >= 4 is 5.69 Å². The summed E-state index contributed by atoms with van der Waals surface area (Å²) in [4.78, 5) is 4.37. The van der Waals surface area contributed by atoms with E-state index in [0.717, 1.165) is 32.7 Å². The largest absolute Gasteiger partial charge is 0.384 e. The van der Waals surface area contributed by atoms with Crippen LogP contribution in [0.25, 0.3) is 11.3 Å². The molecule has 0 saturated carbocycles. The van der Waals surface area contributed by atoms with Crippen LogP contribution in [0.3, 0.4) is 0 Å². The number of rotatable bonds is 4. The zero-order chi connectivity index (χ0) is 14.1. The van der Waals surface area contributed by atoms with Crippen molar-refractivity contribution in [3.63, 3.8) is 0 Å². The molecule has 0 amide bonds. The van der Waals surface area contributed by atoms with Gasteiger partial charge in [0, 0.05) is 37.6 Å². The fourth-order valence-electron chi connectivity index (χ4n) is 3.41. The molecule has 2 aliphatic heterocycles. The molecule has 1 unspecified atom stereocenters. The fourth-order valence-corrected chi connectivity index (χ4v) is 3.41. The predicted octanol–water partition coefficient (Wildman–Crippen LogP) is 2.94. The standard InChI is InChI=1S/C17H21N3O/c1-2-14-4-7-19-17(14)15(3-1)16-10-18-12-20(16)8-5-13-6-9-21-11-13/h1-3,10,12-13,19H,4-9,11H2. The van der Waals surface area contributed by atoms with E-state index in [1.165, 1.54) is 35.3 Å². The Morgan fingerprint density at radius 1 is 1.38 bits per heavy atom. The topological polar surface area (TPSA) is 39.1 Å². The summed E-state index contributed by atoms with van der Waals surface area (Å²) in [6, 6.07) is 6.57. The third-order valence-electron chi connectivity index (χ3n) is 4.64. The number of aryl methyl sites for hydroxylation is 1. The Labute approximate surface area is 125 Å². The molecular weight excluding hydrogens is 262 g/mol. The lowest BCUT2D eigenvalue weighted by atomic mass is 10.0. The van der Waals surface area contributed by atoms with E-state index in [4.69, 9.17) is 4.74 Å². The molecule has 0 bridgehead atoms. The Balaban J connectivity index is 1.58. The van der Waals surface area contributed by atoms with Crippen LogP contribution in [0.2, 0.25) is 0 Å². The second kappa shape index (κ2) is 5.53. The quantitative estimate of drug-likeness (QED) is 0.937. The van der Waals surface area contributed by atoms with Crippen molar-refractivity contribution in [1.82, 2.24) is 9.55 Å². The Morgan fingerprint density at radius 2 is 2.38 bits per heavy atom. The number of hydrogen-bond acceptors (Lipinski definition) is 3. The second-order valence-corrected chi connectivity index (χ2v) is 6.01. The molecule has 0 aliphatic carbocycles. The summed E-state index contributed by atoms with van der Waals surface area (Å²) in [6.45, 7) is 3.91. The van der Waals surface area contributed by atoms with Gasteiger partial charge < -0.3 is 14.6 Å². The van der Waals surface area contributed by atoms with Crippen LogP contribution in [-0.2, 0) is 17.7 Å². The van der Waals surface area contributed by atoms with E-state index in [0.29, 0.717) is 5.92 Å². The molecule has 1 atom stereocenters. The highest BCUT2D eigenvalue weighted by atomic mass is 16.5. The van der Waals surface area contributed by atoms with Crippen molar-refractivity contribution in [3.05, 3.63) is 36.3 Å². The number of nitrogens with one attached hydrogen (secondary N) is 1. The van der Waals surface area contributed by atoms with Crippen LogP contribution in [0.5, 0.6) is 0 Å². The van der Waals surface area contributed by atoms with Crippen LogP contribution < -0.4 is 5.32 Å². The molecule has 4 heteroatoms. The summed E-state index contributed by atoms with van der Waals surface area (Å²) in [6.07, 6.45) is 7.44. The van der Waals surface area contributed by atoms with Gasteiger partial charge in [0.25, 0.3) is 0 Å². The monoisotopic (exact) mass is 283 g/mol. The van der Waals surface area contributed by atoms with E-state index >= 15 is 0 Å². The summed E-state index contributed by atoms with van der Waals surface area (Å²) in [7, 11) is 0. The summed E-state index contributed by atoms with van der Waals surface area (Å²) in [5.74, 6) is 0.708. The molecule has 1 saturated heterocycles. The number of nitrogens with zero attached hydrogens (tertiary/aromatic N) is 2. The molecule has 21 heavy (non-hydrogen) atoms. The number of aromatic nitrogens is 2. The molecule has 1 fully saturated rings. The molecule has 2 aromatic rings. The molecule has 0 spiro atoms. The van der Waals surface area contributed by atoms with Crippen molar-refractivity contribution in [2.24, 2.45) is 5.92 Å². The lowest BCUT2D eigenvalue weighted by molar-refractivity contribution is 0.183. The van der Waals surface area contributed by atoms with Crippen molar-refractivity contribution in [3.8, 4) is 11.3 Å². The molecule has 3 heterocycles. The van der Waals surface area contributed by atoms with E-state index in [2.05, 4.69) is 33.1 Å². The molecule has 2 aliphatic rings. The zero-order valence-electron chi connectivity index (χ0n) is 12.2. The number of ether oxygens (including phenoxy) is 1. The molecule has 4 rings (SSSR count). The first-order valence-corrected chi connectivity index (χ1v) is 7.86. The van der Waals surface area contributed by atoms with Gasteiger partial charge in [0.05, 0.1) is 18.2 Å². The maximum Gasteiger partial charge on any atom is 0.0950 e. The van der Waals surface area contributed by atoms with E-state index in [-0.39, 0.29) is 0 Å². The van der Waals surface area contributed by atoms with Crippen LogP contribution in [0.4, 0.5) is 5.69 Å². The van der Waals surface area contributed by atoms with Crippen molar-refractivity contribution < 1.29 is 4.74 Å². The van der Waals surface area contributed by atoms with Gasteiger partial charge in [-0.15, -0.1) is 0 Å². The van der Waals surface area contributed by atoms with Crippen LogP contribution in [-0.4, -0.2) is 29.3 Å². The normalized spacial score (nSPS) is 20.5. The van der Waals surface area contributed by atoms with Gasteiger partial charge in [-0.25, -0.2) is 4.98 Å². The van der Waals surface area contributed by atoms with Gasteiger partial charge in [0.15, 0.2) is 0 Å². The lowest BCUT2D eigenvalue weighted by Crippen LogP contribution is -2.07. The summed E-state index contributed by atoms with van der Waals surface area (Å²) in [5.41, 5.74) is 5.22. The molecular formula is C17H21N3O.